The third-order valence-corrected chi connectivity index (χ3v) is 3.58. The molecule has 4 heteroatoms. The lowest BCUT2D eigenvalue weighted by Gasteiger charge is -2.29. The fraction of sp³-hybridized carbons (Fsp3) is 0.692. The van der Waals surface area contributed by atoms with Gasteiger partial charge in [0.25, 0.3) is 0 Å². The quantitative estimate of drug-likeness (QED) is 0.865. The standard InChI is InChI=1S/C13H21N3O/c1-10-11(2)15-13(9-14-10)16(7-8-17)12-5-3-4-6-12/h9,12,17H,3-8H2,1-2H3. The molecule has 0 amide bonds. The normalized spacial score (nSPS) is 16.4. The van der Waals surface area contributed by atoms with Crippen LogP contribution in [0.15, 0.2) is 6.20 Å². The van der Waals surface area contributed by atoms with Crippen LogP contribution in [0.1, 0.15) is 37.1 Å². The van der Waals surface area contributed by atoms with E-state index >= 15 is 0 Å². The predicted octanol–water partition coefficient (Wildman–Crippen LogP) is 1.83. The highest BCUT2D eigenvalue weighted by molar-refractivity contribution is 5.39. The second-order valence-electron chi connectivity index (χ2n) is 4.75. The number of rotatable bonds is 4. The number of aliphatic hydroxyl groups is 1. The van der Waals surface area contributed by atoms with Crippen molar-refractivity contribution in [3.63, 3.8) is 0 Å². The van der Waals surface area contributed by atoms with Crippen molar-refractivity contribution >= 4 is 5.82 Å². The first kappa shape index (κ1) is 12.3. The molecule has 1 fully saturated rings. The van der Waals surface area contributed by atoms with Gasteiger partial charge in [0.15, 0.2) is 0 Å². The molecule has 0 spiro atoms. The van der Waals surface area contributed by atoms with E-state index in [1.54, 1.807) is 0 Å². The lowest BCUT2D eigenvalue weighted by molar-refractivity contribution is 0.296. The van der Waals surface area contributed by atoms with E-state index in [0.717, 1.165) is 17.2 Å². The summed E-state index contributed by atoms with van der Waals surface area (Å²) in [6, 6.07) is 0.526. The minimum absolute atomic E-state index is 0.172. The summed E-state index contributed by atoms with van der Waals surface area (Å²) in [5.41, 5.74) is 1.95. The largest absolute Gasteiger partial charge is 0.395 e. The molecular weight excluding hydrogens is 214 g/mol. The molecule has 17 heavy (non-hydrogen) atoms. The van der Waals surface area contributed by atoms with Gasteiger partial charge in [-0.3, -0.25) is 4.98 Å². The average Bonchev–Trinajstić information content (AvgIpc) is 2.83. The van der Waals surface area contributed by atoms with E-state index in [0.29, 0.717) is 12.6 Å². The van der Waals surface area contributed by atoms with Gasteiger partial charge in [0, 0.05) is 12.6 Å². The zero-order valence-electron chi connectivity index (χ0n) is 10.7. The lowest BCUT2D eigenvalue weighted by atomic mass is 10.2. The van der Waals surface area contributed by atoms with Crippen molar-refractivity contribution < 1.29 is 5.11 Å². The number of aryl methyl sites for hydroxylation is 2. The molecule has 4 nitrogen and oxygen atoms in total. The molecule has 0 radical (unpaired) electrons. The Bertz CT molecular complexity index is 375. The molecule has 1 aliphatic carbocycles. The third-order valence-electron chi connectivity index (χ3n) is 3.58. The van der Waals surface area contributed by atoms with Crippen molar-refractivity contribution in [1.82, 2.24) is 9.97 Å². The molecular formula is C13H21N3O. The van der Waals surface area contributed by atoms with Gasteiger partial charge in [-0.1, -0.05) is 12.8 Å². The van der Waals surface area contributed by atoms with Gasteiger partial charge < -0.3 is 10.0 Å². The maximum Gasteiger partial charge on any atom is 0.147 e. The predicted molar refractivity (Wildman–Crippen MR) is 68.2 cm³/mol. The number of anilines is 1. The summed E-state index contributed by atoms with van der Waals surface area (Å²) in [6.07, 6.45) is 6.80. The molecule has 0 aromatic carbocycles. The second-order valence-corrected chi connectivity index (χ2v) is 4.75. The van der Waals surface area contributed by atoms with Crippen LogP contribution in [0.25, 0.3) is 0 Å². The van der Waals surface area contributed by atoms with Crippen LogP contribution in [-0.2, 0) is 0 Å². The van der Waals surface area contributed by atoms with Gasteiger partial charge in [0.1, 0.15) is 5.82 Å². The first-order chi connectivity index (χ1) is 8.22. The van der Waals surface area contributed by atoms with Crippen molar-refractivity contribution in [1.29, 1.82) is 0 Å². The Labute approximate surface area is 103 Å². The Balaban J connectivity index is 2.21. The maximum absolute atomic E-state index is 9.19. The van der Waals surface area contributed by atoms with Crippen LogP contribution in [0.4, 0.5) is 5.82 Å². The monoisotopic (exact) mass is 235 g/mol. The zero-order valence-corrected chi connectivity index (χ0v) is 10.7. The molecule has 1 N–H and O–H groups in total. The molecule has 1 aromatic heterocycles. The third kappa shape index (κ3) is 2.75. The number of hydrogen-bond acceptors (Lipinski definition) is 4. The van der Waals surface area contributed by atoms with Crippen LogP contribution in [0.2, 0.25) is 0 Å². The highest BCUT2D eigenvalue weighted by atomic mass is 16.3. The molecule has 1 aliphatic rings. The first-order valence-electron chi connectivity index (χ1n) is 6.40. The number of nitrogens with zero attached hydrogens (tertiary/aromatic N) is 3. The van der Waals surface area contributed by atoms with Crippen molar-refractivity contribution in [2.45, 2.75) is 45.6 Å². The molecule has 94 valence electrons. The minimum Gasteiger partial charge on any atom is -0.395 e. The van der Waals surface area contributed by atoms with Crippen molar-refractivity contribution in [3.05, 3.63) is 17.6 Å². The number of aromatic nitrogens is 2. The van der Waals surface area contributed by atoms with Crippen LogP contribution in [0.3, 0.4) is 0 Å². The fourth-order valence-corrected chi connectivity index (χ4v) is 2.48. The molecule has 1 heterocycles. The summed E-state index contributed by atoms with van der Waals surface area (Å²) in [7, 11) is 0. The van der Waals surface area contributed by atoms with Gasteiger partial charge in [-0.05, 0) is 26.7 Å². The number of aliphatic hydroxyl groups excluding tert-OH is 1. The van der Waals surface area contributed by atoms with Gasteiger partial charge in [0.2, 0.25) is 0 Å². The van der Waals surface area contributed by atoms with Gasteiger partial charge in [-0.2, -0.15) is 0 Å². The van der Waals surface area contributed by atoms with E-state index < -0.39 is 0 Å². The Morgan fingerprint density at radius 3 is 2.59 bits per heavy atom. The summed E-state index contributed by atoms with van der Waals surface area (Å²) in [4.78, 5) is 11.2. The van der Waals surface area contributed by atoms with Crippen LogP contribution in [0, 0.1) is 13.8 Å². The molecule has 1 saturated carbocycles. The molecule has 0 atom stereocenters. The Morgan fingerprint density at radius 2 is 2.00 bits per heavy atom. The lowest BCUT2D eigenvalue weighted by Crippen LogP contribution is -2.36. The van der Waals surface area contributed by atoms with Gasteiger partial charge in [-0.25, -0.2) is 4.98 Å². The topological polar surface area (TPSA) is 49.2 Å². The van der Waals surface area contributed by atoms with E-state index in [2.05, 4.69) is 14.9 Å². The van der Waals surface area contributed by atoms with Crippen LogP contribution >= 0.6 is 0 Å². The second kappa shape index (κ2) is 5.45. The summed E-state index contributed by atoms with van der Waals surface area (Å²) in [5, 5.41) is 9.19. The number of hydrogen-bond donors (Lipinski definition) is 1. The Morgan fingerprint density at radius 1 is 1.29 bits per heavy atom. The minimum atomic E-state index is 0.172. The zero-order chi connectivity index (χ0) is 12.3. The summed E-state index contributed by atoms with van der Waals surface area (Å²) >= 11 is 0. The first-order valence-corrected chi connectivity index (χ1v) is 6.40. The van der Waals surface area contributed by atoms with Crippen molar-refractivity contribution in [3.8, 4) is 0 Å². The van der Waals surface area contributed by atoms with Gasteiger partial charge in [-0.15, -0.1) is 0 Å². The fourth-order valence-electron chi connectivity index (χ4n) is 2.48. The van der Waals surface area contributed by atoms with Crippen LogP contribution in [0.5, 0.6) is 0 Å². The molecule has 0 saturated heterocycles. The SMILES string of the molecule is Cc1ncc(N(CCO)C2CCCC2)nc1C. The van der Waals surface area contributed by atoms with Crippen LogP contribution in [-0.4, -0.2) is 34.3 Å². The summed E-state index contributed by atoms with van der Waals surface area (Å²) in [5.74, 6) is 0.911. The van der Waals surface area contributed by atoms with E-state index in [9.17, 15) is 5.11 Å². The van der Waals surface area contributed by atoms with Crippen molar-refractivity contribution in [2.75, 3.05) is 18.1 Å². The summed E-state index contributed by atoms with van der Waals surface area (Å²) < 4.78 is 0. The Kier molecular flexibility index (Phi) is 3.94. The molecule has 0 unspecified atom stereocenters. The average molecular weight is 235 g/mol. The van der Waals surface area contributed by atoms with E-state index in [1.807, 2.05) is 20.0 Å². The maximum atomic E-state index is 9.19. The van der Waals surface area contributed by atoms with Gasteiger partial charge in [0.05, 0.1) is 24.2 Å². The van der Waals surface area contributed by atoms with Crippen LogP contribution < -0.4 is 4.90 Å². The van der Waals surface area contributed by atoms with E-state index in [-0.39, 0.29) is 6.61 Å². The molecule has 2 rings (SSSR count). The van der Waals surface area contributed by atoms with Crippen molar-refractivity contribution in [2.24, 2.45) is 0 Å². The van der Waals surface area contributed by atoms with E-state index in [4.69, 9.17) is 0 Å². The highest BCUT2D eigenvalue weighted by Crippen LogP contribution is 2.26. The summed E-state index contributed by atoms with van der Waals surface area (Å²) in [6.45, 7) is 4.78. The molecule has 0 aliphatic heterocycles. The molecule has 1 aromatic rings. The van der Waals surface area contributed by atoms with Gasteiger partial charge >= 0.3 is 0 Å². The Hall–Kier alpha value is -1.16. The molecule has 0 bridgehead atoms. The smallest absolute Gasteiger partial charge is 0.147 e. The highest BCUT2D eigenvalue weighted by Gasteiger charge is 2.23. The van der Waals surface area contributed by atoms with E-state index in [1.165, 1.54) is 25.7 Å².